The summed E-state index contributed by atoms with van der Waals surface area (Å²) in [5.74, 6) is -2.54. The molecular formula is C48H46N4O13S4. The number of carbonyl (C=O) groups excluding carboxylic acids is 2. The Kier molecular flexibility index (Phi) is 14.2. The third-order valence-corrected chi connectivity index (χ3v) is 18.5. The number of hydrogen-bond donors (Lipinski definition) is 2. The zero-order chi connectivity index (χ0) is 49.1. The van der Waals surface area contributed by atoms with Gasteiger partial charge in [-0.25, -0.2) is 52.7 Å². The molecule has 0 aromatic heterocycles. The Morgan fingerprint density at radius 1 is 0.493 bits per heavy atom. The quantitative estimate of drug-likeness (QED) is 0.0822. The van der Waals surface area contributed by atoms with Gasteiger partial charge in [0.05, 0.1) is 45.9 Å². The van der Waals surface area contributed by atoms with Crippen LogP contribution in [0.2, 0.25) is 0 Å². The van der Waals surface area contributed by atoms with Gasteiger partial charge in [-0.1, -0.05) is 91.0 Å². The first-order chi connectivity index (χ1) is 32.9. The molecule has 4 atom stereocenters. The van der Waals surface area contributed by atoms with Crippen molar-refractivity contribution in [1.82, 2.24) is 18.1 Å². The van der Waals surface area contributed by atoms with Crippen molar-refractivity contribution in [2.24, 2.45) is 0 Å². The Balaban J connectivity index is 1.21. The number of rotatable bonds is 14. The van der Waals surface area contributed by atoms with E-state index in [4.69, 9.17) is 14.2 Å². The van der Waals surface area contributed by atoms with Gasteiger partial charge in [0.1, 0.15) is 23.6 Å². The Hall–Kier alpha value is -6.30. The highest BCUT2D eigenvalue weighted by molar-refractivity contribution is 7.90. The fourth-order valence-corrected chi connectivity index (χ4v) is 14.2. The van der Waals surface area contributed by atoms with Gasteiger partial charge in [-0.05, 0) is 95.7 Å². The van der Waals surface area contributed by atoms with Crippen LogP contribution >= 0.6 is 0 Å². The Morgan fingerprint density at radius 3 is 1.46 bits per heavy atom. The first-order valence-corrected chi connectivity index (χ1v) is 27.2. The number of esters is 2. The van der Waals surface area contributed by atoms with E-state index in [0.29, 0.717) is 36.3 Å². The van der Waals surface area contributed by atoms with E-state index in [-0.39, 0.29) is 32.4 Å². The van der Waals surface area contributed by atoms with E-state index < -0.39 is 89.3 Å². The molecule has 0 aliphatic carbocycles. The van der Waals surface area contributed by atoms with Crippen molar-refractivity contribution in [3.05, 3.63) is 158 Å². The van der Waals surface area contributed by atoms with Crippen molar-refractivity contribution in [2.75, 3.05) is 27.3 Å². The molecule has 0 radical (unpaired) electrons. The van der Waals surface area contributed by atoms with Crippen LogP contribution < -0.4 is 18.9 Å². The second-order valence-corrected chi connectivity index (χ2v) is 23.2. The van der Waals surface area contributed by atoms with Gasteiger partial charge in [0.15, 0.2) is 0 Å². The molecule has 17 nitrogen and oxygen atoms in total. The van der Waals surface area contributed by atoms with Gasteiger partial charge in [0.2, 0.25) is 40.1 Å². The van der Waals surface area contributed by atoms with Crippen LogP contribution in [-0.4, -0.2) is 106 Å². The van der Waals surface area contributed by atoms with Crippen LogP contribution in [-0.2, 0) is 54.4 Å². The molecule has 2 heterocycles. The van der Waals surface area contributed by atoms with Crippen LogP contribution in [0, 0.1) is 0 Å². The van der Waals surface area contributed by atoms with Gasteiger partial charge in [-0.3, -0.25) is 0 Å². The molecule has 0 amide bonds. The second kappa shape index (κ2) is 20.0. The summed E-state index contributed by atoms with van der Waals surface area (Å²) in [5, 5.41) is 2.21. The Morgan fingerprint density at radius 2 is 0.942 bits per heavy atom. The van der Waals surface area contributed by atoms with Gasteiger partial charge in [0.25, 0.3) is 0 Å². The van der Waals surface area contributed by atoms with E-state index in [9.17, 15) is 43.3 Å². The van der Waals surface area contributed by atoms with Crippen LogP contribution in [0.4, 0.5) is 0 Å². The Bertz CT molecular complexity index is 3440. The number of hydrogen-bond acceptors (Lipinski definition) is 13. The predicted molar refractivity (Wildman–Crippen MR) is 256 cm³/mol. The fraction of sp³-hybridized carbons (Fsp3) is 0.208. The first kappa shape index (κ1) is 49.1. The average molecular weight is 1020 g/mol. The maximum Gasteiger partial charge on any atom is 0.333 e. The van der Waals surface area contributed by atoms with E-state index in [1.807, 2.05) is 0 Å². The molecule has 4 unspecified atom stereocenters. The number of fused-ring (bicyclic) bond motifs is 2. The number of nitrogens with one attached hydrogen (secondary N) is 2. The third-order valence-electron chi connectivity index (χ3n) is 11.8. The highest BCUT2D eigenvalue weighted by Gasteiger charge is 2.49. The van der Waals surface area contributed by atoms with Crippen LogP contribution in [0.3, 0.4) is 0 Å². The van der Waals surface area contributed by atoms with Crippen molar-refractivity contribution >= 4 is 73.6 Å². The summed E-state index contributed by atoms with van der Waals surface area (Å²) < 4.78 is 138. The van der Waals surface area contributed by atoms with Crippen molar-refractivity contribution < 1.29 is 57.5 Å². The number of ether oxygens (including phenoxy) is 3. The van der Waals surface area contributed by atoms with Crippen LogP contribution in [0.5, 0.6) is 11.5 Å². The molecular weight excluding hydrogens is 969 g/mol. The minimum absolute atomic E-state index is 0.187. The zero-order valence-electron chi connectivity index (χ0n) is 37.0. The number of sulfonamides is 4. The molecule has 6 aromatic carbocycles. The van der Waals surface area contributed by atoms with E-state index in [0.717, 1.165) is 5.39 Å². The lowest BCUT2D eigenvalue weighted by atomic mass is 10.1. The fourth-order valence-electron chi connectivity index (χ4n) is 8.29. The molecule has 2 aliphatic rings. The molecule has 360 valence electrons. The molecule has 8 rings (SSSR count). The smallest absolute Gasteiger partial charge is 0.333 e. The molecule has 0 bridgehead atoms. The van der Waals surface area contributed by atoms with Crippen LogP contribution in [0.1, 0.15) is 12.8 Å². The lowest BCUT2D eigenvalue weighted by Crippen LogP contribution is -2.60. The van der Waals surface area contributed by atoms with Gasteiger partial charge in [-0.2, -0.15) is 8.61 Å². The summed E-state index contributed by atoms with van der Waals surface area (Å²) in [5.41, 5.74) is 0. The number of benzene rings is 6. The van der Waals surface area contributed by atoms with E-state index in [1.54, 1.807) is 60.7 Å². The molecule has 0 saturated carbocycles. The summed E-state index contributed by atoms with van der Waals surface area (Å²) in [4.78, 5) is 28.9. The maximum atomic E-state index is 15.0. The average Bonchev–Trinajstić information content (AvgIpc) is 3.70. The molecule has 69 heavy (non-hydrogen) atoms. The van der Waals surface area contributed by atoms with Gasteiger partial charge in [-0.15, -0.1) is 0 Å². The van der Waals surface area contributed by atoms with Crippen molar-refractivity contribution in [3.63, 3.8) is 0 Å². The number of carbonyl (C=O) groups is 2. The minimum Gasteiger partial charge on any atom is -0.497 e. The SMILES string of the molecule is COc1ccc(S(=O)(=O)N2CC=CCC(NS(=O)(=O)c3ccc4ccccc4c3)C2C(=O)OC(=O)C2C(NS(=O)(=O)c3cccc4ccccc34)CC=CCN2S(=O)(=O)c2ccc(OC)cc2)cc1. The van der Waals surface area contributed by atoms with E-state index in [1.165, 1.54) is 111 Å². The molecule has 21 heteroatoms. The summed E-state index contributed by atoms with van der Waals surface area (Å²) in [7, 11) is -15.9. The molecule has 0 fully saturated rings. The summed E-state index contributed by atoms with van der Waals surface area (Å²) in [6.45, 7) is -1.01. The lowest BCUT2D eigenvalue weighted by molar-refractivity contribution is -0.166. The summed E-state index contributed by atoms with van der Waals surface area (Å²) in [6, 6.07) is 25.4. The van der Waals surface area contributed by atoms with Gasteiger partial charge in [0, 0.05) is 18.5 Å². The second-order valence-electron chi connectivity index (χ2n) is 16.0. The van der Waals surface area contributed by atoms with Gasteiger partial charge >= 0.3 is 11.9 Å². The maximum absolute atomic E-state index is 15.0. The molecule has 0 spiro atoms. The topological polar surface area (TPSA) is 229 Å². The minimum atomic E-state index is -4.75. The lowest BCUT2D eigenvalue weighted by Gasteiger charge is -2.35. The normalized spacial score (nSPS) is 19.7. The van der Waals surface area contributed by atoms with Crippen molar-refractivity contribution in [3.8, 4) is 11.5 Å². The molecule has 0 saturated heterocycles. The standard InChI is InChI=1S/C48H46N4O13S4/c1-63-36-21-26-38(27-22-36)68(59,60)51-30-9-7-17-42(49-66(55,56)40-25-20-33-12-3-4-14-35(33)32-40)45(51)47(53)65-48(54)46-43(50-67(57,58)44-19-11-15-34-13-5-6-16-41(34)44)18-8-10-31-52(46)69(61,62)39-28-23-37(64-2)24-29-39/h3-16,19-29,32,42-43,45-46,49-50H,17-18,30-31H2,1-2H3. The molecule has 2 aliphatic heterocycles. The number of nitrogens with zero attached hydrogens (tertiary/aromatic N) is 2. The Labute approximate surface area is 400 Å². The zero-order valence-corrected chi connectivity index (χ0v) is 40.2. The van der Waals surface area contributed by atoms with E-state index >= 15 is 0 Å². The predicted octanol–water partition coefficient (Wildman–Crippen LogP) is 5.11. The first-order valence-electron chi connectivity index (χ1n) is 21.3. The van der Waals surface area contributed by atoms with Crippen molar-refractivity contribution in [1.29, 1.82) is 0 Å². The third kappa shape index (κ3) is 10.2. The number of methoxy groups -OCH3 is 2. The summed E-state index contributed by atoms with van der Waals surface area (Å²) >= 11 is 0. The highest BCUT2D eigenvalue weighted by Crippen LogP contribution is 2.31. The van der Waals surface area contributed by atoms with Crippen LogP contribution in [0.15, 0.2) is 177 Å². The largest absolute Gasteiger partial charge is 0.497 e. The van der Waals surface area contributed by atoms with Crippen molar-refractivity contribution in [2.45, 2.75) is 56.6 Å². The highest BCUT2D eigenvalue weighted by atomic mass is 32.2. The van der Waals surface area contributed by atoms with Gasteiger partial charge < -0.3 is 14.2 Å². The summed E-state index contributed by atoms with van der Waals surface area (Å²) in [6.07, 6.45) is 5.19. The van der Waals surface area contributed by atoms with E-state index in [2.05, 4.69) is 9.44 Å². The monoisotopic (exact) mass is 1010 g/mol. The molecule has 2 N–H and O–H groups in total. The molecule has 6 aromatic rings. The van der Waals surface area contributed by atoms with Crippen LogP contribution in [0.25, 0.3) is 21.5 Å².